The Bertz CT molecular complexity index is 409. The van der Waals surface area contributed by atoms with E-state index in [1.165, 1.54) is 0 Å². The summed E-state index contributed by atoms with van der Waals surface area (Å²) in [5.74, 6) is 0.583. The number of primary amides is 1. The van der Waals surface area contributed by atoms with E-state index in [4.69, 9.17) is 5.73 Å². The Kier molecular flexibility index (Phi) is 6.72. The molecule has 5 nitrogen and oxygen atoms in total. The molecule has 19 heavy (non-hydrogen) atoms. The van der Waals surface area contributed by atoms with Gasteiger partial charge in [0, 0.05) is 4.88 Å². The maximum absolute atomic E-state index is 12.1. The van der Waals surface area contributed by atoms with Crippen molar-refractivity contribution in [2.45, 2.75) is 25.4 Å². The van der Waals surface area contributed by atoms with E-state index < -0.39 is 12.1 Å². The first-order chi connectivity index (χ1) is 9.04. The van der Waals surface area contributed by atoms with Crippen molar-refractivity contribution in [3.05, 3.63) is 22.4 Å². The van der Waals surface area contributed by atoms with Gasteiger partial charge in [-0.15, -0.1) is 11.3 Å². The van der Waals surface area contributed by atoms with Crippen molar-refractivity contribution in [1.29, 1.82) is 0 Å². The molecule has 0 spiro atoms. The number of urea groups is 1. The Hall–Kier alpha value is -1.21. The lowest BCUT2D eigenvalue weighted by atomic mass is 10.2. The summed E-state index contributed by atoms with van der Waals surface area (Å²) in [6, 6.07) is 2.58. The van der Waals surface area contributed by atoms with E-state index in [2.05, 4.69) is 10.6 Å². The first-order valence-electron chi connectivity index (χ1n) is 5.93. The second-order valence-electron chi connectivity index (χ2n) is 4.09. The van der Waals surface area contributed by atoms with E-state index in [0.29, 0.717) is 6.42 Å². The molecule has 1 aromatic rings. The zero-order valence-electron chi connectivity index (χ0n) is 11.0. The Morgan fingerprint density at radius 3 is 2.74 bits per heavy atom. The van der Waals surface area contributed by atoms with Crippen molar-refractivity contribution in [1.82, 2.24) is 10.6 Å². The highest BCUT2D eigenvalue weighted by atomic mass is 32.2. The van der Waals surface area contributed by atoms with Crippen LogP contribution in [-0.4, -0.2) is 30.0 Å². The summed E-state index contributed by atoms with van der Waals surface area (Å²) in [5, 5.41) is 7.33. The third kappa shape index (κ3) is 5.52. The first kappa shape index (κ1) is 15.8. The van der Waals surface area contributed by atoms with E-state index in [0.717, 1.165) is 10.6 Å². The SMILES string of the molecule is CSCCC(NC(N)=O)C(=O)NC(C)c1cccs1. The van der Waals surface area contributed by atoms with Crippen LogP contribution >= 0.6 is 23.1 Å². The molecule has 0 aromatic carbocycles. The average Bonchev–Trinajstić information content (AvgIpc) is 2.87. The molecule has 0 aliphatic rings. The summed E-state index contributed by atoms with van der Waals surface area (Å²) < 4.78 is 0. The number of thiophene rings is 1. The van der Waals surface area contributed by atoms with Crippen molar-refractivity contribution in [2.24, 2.45) is 5.73 Å². The number of nitrogens with one attached hydrogen (secondary N) is 2. The third-order valence-electron chi connectivity index (χ3n) is 2.57. The molecule has 1 heterocycles. The molecule has 3 amide bonds. The second kappa shape index (κ2) is 8.06. The quantitative estimate of drug-likeness (QED) is 0.717. The van der Waals surface area contributed by atoms with Crippen molar-refractivity contribution in [3.8, 4) is 0 Å². The van der Waals surface area contributed by atoms with Gasteiger partial charge in [-0.2, -0.15) is 11.8 Å². The zero-order chi connectivity index (χ0) is 14.3. The second-order valence-corrected chi connectivity index (χ2v) is 6.05. The minimum absolute atomic E-state index is 0.0704. The summed E-state index contributed by atoms with van der Waals surface area (Å²) in [5.41, 5.74) is 5.09. The van der Waals surface area contributed by atoms with Gasteiger partial charge >= 0.3 is 6.03 Å². The fourth-order valence-corrected chi connectivity index (χ4v) is 2.80. The number of thioether (sulfide) groups is 1. The molecule has 2 unspecified atom stereocenters. The molecular formula is C12H19N3O2S2. The molecule has 2 atom stereocenters. The summed E-state index contributed by atoms with van der Waals surface area (Å²) >= 11 is 3.21. The van der Waals surface area contributed by atoms with E-state index >= 15 is 0 Å². The van der Waals surface area contributed by atoms with Crippen LogP contribution in [0.5, 0.6) is 0 Å². The Morgan fingerprint density at radius 1 is 1.47 bits per heavy atom. The molecule has 0 saturated carbocycles. The predicted octanol–water partition coefficient (Wildman–Crippen LogP) is 1.72. The average molecular weight is 301 g/mol. The monoisotopic (exact) mass is 301 g/mol. The van der Waals surface area contributed by atoms with Gasteiger partial charge in [0.1, 0.15) is 6.04 Å². The normalized spacial score (nSPS) is 13.6. The van der Waals surface area contributed by atoms with E-state index in [-0.39, 0.29) is 11.9 Å². The molecule has 1 aromatic heterocycles. The van der Waals surface area contributed by atoms with E-state index in [1.807, 2.05) is 30.7 Å². The van der Waals surface area contributed by atoms with Crippen LogP contribution in [0.15, 0.2) is 17.5 Å². The maximum atomic E-state index is 12.1. The number of carbonyl (C=O) groups excluding carboxylic acids is 2. The minimum Gasteiger partial charge on any atom is -0.352 e. The van der Waals surface area contributed by atoms with Gasteiger partial charge in [0.05, 0.1) is 6.04 Å². The minimum atomic E-state index is -0.676. The molecule has 0 saturated heterocycles. The topological polar surface area (TPSA) is 84.2 Å². The molecule has 0 bridgehead atoms. The molecule has 1 rings (SSSR count). The summed E-state index contributed by atoms with van der Waals surface area (Å²) in [4.78, 5) is 24.1. The van der Waals surface area contributed by atoms with Gasteiger partial charge in [0.15, 0.2) is 0 Å². The van der Waals surface area contributed by atoms with Gasteiger partial charge in [-0.05, 0) is 36.8 Å². The maximum Gasteiger partial charge on any atom is 0.312 e. The highest BCUT2D eigenvalue weighted by Gasteiger charge is 2.21. The number of nitrogens with two attached hydrogens (primary N) is 1. The molecule has 0 fully saturated rings. The van der Waals surface area contributed by atoms with E-state index in [1.54, 1.807) is 23.1 Å². The van der Waals surface area contributed by atoms with Crippen LogP contribution in [0.4, 0.5) is 4.79 Å². The summed E-state index contributed by atoms with van der Waals surface area (Å²) in [7, 11) is 0. The van der Waals surface area contributed by atoms with Gasteiger partial charge in [-0.1, -0.05) is 6.07 Å². The zero-order valence-corrected chi connectivity index (χ0v) is 12.6. The standard InChI is InChI=1S/C12H19N3O2S2/c1-8(10-4-3-6-19-10)14-11(16)9(5-7-18-2)15-12(13)17/h3-4,6,8-9H,5,7H2,1-2H3,(H,14,16)(H3,13,15,17). The molecule has 0 aliphatic heterocycles. The van der Waals surface area contributed by atoms with Crippen molar-refractivity contribution in [2.75, 3.05) is 12.0 Å². The van der Waals surface area contributed by atoms with Gasteiger partial charge in [-0.3, -0.25) is 4.79 Å². The Labute approximate surface area is 121 Å². The number of carbonyl (C=O) groups is 2. The van der Waals surface area contributed by atoms with Gasteiger partial charge < -0.3 is 16.4 Å². The number of amides is 3. The van der Waals surface area contributed by atoms with Gasteiger partial charge in [-0.25, -0.2) is 4.79 Å². The highest BCUT2D eigenvalue weighted by molar-refractivity contribution is 7.98. The van der Waals surface area contributed by atoms with Crippen molar-refractivity contribution < 1.29 is 9.59 Å². The molecule has 0 aliphatic carbocycles. The van der Waals surface area contributed by atoms with Crippen LogP contribution in [0.25, 0.3) is 0 Å². The fraction of sp³-hybridized carbons (Fsp3) is 0.500. The molecule has 4 N–H and O–H groups in total. The molecular weight excluding hydrogens is 282 g/mol. The van der Waals surface area contributed by atoms with Crippen molar-refractivity contribution >= 4 is 35.0 Å². The van der Waals surface area contributed by atoms with Crippen molar-refractivity contribution in [3.63, 3.8) is 0 Å². The lowest BCUT2D eigenvalue weighted by Crippen LogP contribution is -2.49. The molecule has 7 heteroatoms. The van der Waals surface area contributed by atoms with Gasteiger partial charge in [0.25, 0.3) is 0 Å². The van der Waals surface area contributed by atoms with Crippen LogP contribution in [-0.2, 0) is 4.79 Å². The lowest BCUT2D eigenvalue weighted by Gasteiger charge is -2.19. The first-order valence-corrected chi connectivity index (χ1v) is 8.20. The summed E-state index contributed by atoms with van der Waals surface area (Å²) in [6.45, 7) is 1.92. The Morgan fingerprint density at radius 2 is 2.21 bits per heavy atom. The van der Waals surface area contributed by atoms with Gasteiger partial charge in [0.2, 0.25) is 5.91 Å². The largest absolute Gasteiger partial charge is 0.352 e. The smallest absolute Gasteiger partial charge is 0.312 e. The predicted molar refractivity (Wildman–Crippen MR) is 80.4 cm³/mol. The number of rotatable bonds is 7. The Balaban J connectivity index is 2.57. The van der Waals surface area contributed by atoms with Crippen LogP contribution in [0.3, 0.4) is 0 Å². The number of hydrogen-bond donors (Lipinski definition) is 3. The molecule has 106 valence electrons. The van der Waals surface area contributed by atoms with Crippen LogP contribution < -0.4 is 16.4 Å². The van der Waals surface area contributed by atoms with Crippen LogP contribution in [0.2, 0.25) is 0 Å². The number of hydrogen-bond acceptors (Lipinski definition) is 4. The highest BCUT2D eigenvalue weighted by Crippen LogP contribution is 2.18. The third-order valence-corrected chi connectivity index (χ3v) is 4.27. The van der Waals surface area contributed by atoms with Crippen LogP contribution in [0, 0.1) is 0 Å². The van der Waals surface area contributed by atoms with E-state index in [9.17, 15) is 9.59 Å². The van der Waals surface area contributed by atoms with Crippen LogP contribution in [0.1, 0.15) is 24.3 Å². The molecule has 0 radical (unpaired) electrons. The fourth-order valence-electron chi connectivity index (χ4n) is 1.60. The lowest BCUT2D eigenvalue weighted by molar-refractivity contribution is -0.123. The summed E-state index contributed by atoms with van der Waals surface area (Å²) in [6.07, 6.45) is 2.51.